The lowest BCUT2D eigenvalue weighted by atomic mass is 10.3. The van der Waals surface area contributed by atoms with E-state index in [0.717, 1.165) is 10.9 Å². The molecular formula is C8H16N2S. The van der Waals surface area contributed by atoms with Crippen LogP contribution < -0.4 is 0 Å². The maximum absolute atomic E-state index is 3.95. The van der Waals surface area contributed by atoms with Gasteiger partial charge in [0.2, 0.25) is 0 Å². The topological polar surface area (TPSA) is 24.7 Å². The summed E-state index contributed by atoms with van der Waals surface area (Å²) in [5, 5.41) is 0.807. The van der Waals surface area contributed by atoms with Gasteiger partial charge in [0, 0.05) is 12.8 Å². The monoisotopic (exact) mass is 172 g/mol. The second-order valence-electron chi connectivity index (χ2n) is 2.22. The van der Waals surface area contributed by atoms with Crippen LogP contribution in [0.2, 0.25) is 0 Å². The number of rotatable bonds is 4. The van der Waals surface area contributed by atoms with E-state index in [1.54, 1.807) is 18.8 Å². The van der Waals surface area contributed by atoms with Crippen LogP contribution in [0, 0.1) is 0 Å². The third kappa shape index (κ3) is 6.10. The quantitative estimate of drug-likeness (QED) is 0.363. The SMILES string of the molecule is C=NC(=NC)SCCCCC. The van der Waals surface area contributed by atoms with Crippen molar-refractivity contribution in [2.75, 3.05) is 12.8 Å². The Labute approximate surface area is 73.2 Å². The Morgan fingerprint density at radius 1 is 1.45 bits per heavy atom. The van der Waals surface area contributed by atoms with E-state index in [-0.39, 0.29) is 0 Å². The van der Waals surface area contributed by atoms with Gasteiger partial charge in [-0.05, 0) is 13.1 Å². The molecule has 0 saturated heterocycles. The molecule has 0 amide bonds. The molecule has 0 bridgehead atoms. The molecule has 0 heterocycles. The Morgan fingerprint density at radius 2 is 2.18 bits per heavy atom. The first-order chi connectivity index (χ1) is 5.35. The molecule has 0 aliphatic carbocycles. The van der Waals surface area contributed by atoms with Crippen molar-refractivity contribution in [1.82, 2.24) is 0 Å². The highest BCUT2D eigenvalue weighted by molar-refractivity contribution is 8.13. The first-order valence-corrected chi connectivity index (χ1v) is 4.90. The van der Waals surface area contributed by atoms with Crippen LogP contribution in [0.15, 0.2) is 9.98 Å². The fraction of sp³-hybridized carbons (Fsp3) is 0.750. The van der Waals surface area contributed by atoms with Gasteiger partial charge in [-0.2, -0.15) is 0 Å². The summed E-state index contributed by atoms with van der Waals surface area (Å²) in [5.41, 5.74) is 0. The summed E-state index contributed by atoms with van der Waals surface area (Å²) in [5.74, 6) is 1.11. The first kappa shape index (κ1) is 10.7. The highest BCUT2D eigenvalue weighted by Crippen LogP contribution is 2.08. The zero-order chi connectivity index (χ0) is 8.53. The van der Waals surface area contributed by atoms with Crippen LogP contribution in [0.25, 0.3) is 0 Å². The summed E-state index contributed by atoms with van der Waals surface area (Å²) in [4.78, 5) is 7.72. The zero-order valence-corrected chi connectivity index (χ0v) is 8.15. The molecule has 0 unspecified atom stereocenters. The molecule has 11 heavy (non-hydrogen) atoms. The van der Waals surface area contributed by atoms with Crippen LogP contribution in [-0.2, 0) is 0 Å². The molecular weight excluding hydrogens is 156 g/mol. The summed E-state index contributed by atoms with van der Waals surface area (Å²) in [7, 11) is 1.75. The van der Waals surface area contributed by atoms with Crippen molar-refractivity contribution in [3.8, 4) is 0 Å². The van der Waals surface area contributed by atoms with Crippen molar-refractivity contribution in [3.05, 3.63) is 0 Å². The van der Waals surface area contributed by atoms with Gasteiger partial charge in [-0.3, -0.25) is 4.99 Å². The molecule has 64 valence electrons. The molecule has 0 fully saturated rings. The van der Waals surface area contributed by atoms with Crippen molar-refractivity contribution in [1.29, 1.82) is 0 Å². The number of hydrogen-bond donors (Lipinski definition) is 0. The lowest BCUT2D eigenvalue weighted by Crippen LogP contribution is -1.88. The third-order valence-corrected chi connectivity index (χ3v) is 2.37. The number of thioether (sulfide) groups is 1. The molecule has 0 saturated carbocycles. The van der Waals surface area contributed by atoms with Gasteiger partial charge in [-0.1, -0.05) is 31.5 Å². The van der Waals surface area contributed by atoms with Crippen LogP contribution in [0.1, 0.15) is 26.2 Å². The van der Waals surface area contributed by atoms with E-state index < -0.39 is 0 Å². The van der Waals surface area contributed by atoms with Gasteiger partial charge in [0.25, 0.3) is 0 Å². The highest BCUT2D eigenvalue weighted by Gasteiger charge is 1.93. The van der Waals surface area contributed by atoms with Gasteiger partial charge < -0.3 is 0 Å². The van der Waals surface area contributed by atoms with Gasteiger partial charge in [-0.25, -0.2) is 4.99 Å². The van der Waals surface area contributed by atoms with Crippen molar-refractivity contribution >= 4 is 23.6 Å². The first-order valence-electron chi connectivity index (χ1n) is 3.91. The normalized spacial score (nSPS) is 11.6. The van der Waals surface area contributed by atoms with Crippen LogP contribution in [0.3, 0.4) is 0 Å². The molecule has 0 atom stereocenters. The maximum Gasteiger partial charge on any atom is 0.182 e. The Bertz CT molecular complexity index is 132. The standard InChI is InChI=1S/C8H16N2S/c1-4-5-6-7-11-8(9-2)10-3/h2,4-7H2,1,3H3. The summed E-state index contributed by atoms with van der Waals surface area (Å²) in [6.45, 7) is 5.63. The Morgan fingerprint density at radius 3 is 2.64 bits per heavy atom. The number of aliphatic imine (C=N–C) groups is 2. The second-order valence-corrected chi connectivity index (χ2v) is 3.28. The molecule has 0 aromatic heterocycles. The van der Waals surface area contributed by atoms with Gasteiger partial charge in [0.05, 0.1) is 0 Å². The molecule has 0 aliphatic rings. The van der Waals surface area contributed by atoms with E-state index in [9.17, 15) is 0 Å². The van der Waals surface area contributed by atoms with Crippen molar-refractivity contribution in [3.63, 3.8) is 0 Å². The van der Waals surface area contributed by atoms with Crippen molar-refractivity contribution in [2.24, 2.45) is 9.98 Å². The average Bonchev–Trinajstić information content (AvgIpc) is 2.05. The molecule has 0 aliphatic heterocycles. The minimum absolute atomic E-state index is 0.807. The number of amidine groups is 1. The maximum atomic E-state index is 3.95. The van der Waals surface area contributed by atoms with E-state index in [1.807, 2.05) is 0 Å². The van der Waals surface area contributed by atoms with Crippen molar-refractivity contribution < 1.29 is 0 Å². The van der Waals surface area contributed by atoms with E-state index >= 15 is 0 Å². The van der Waals surface area contributed by atoms with Crippen LogP contribution in [-0.4, -0.2) is 24.7 Å². The summed E-state index contributed by atoms with van der Waals surface area (Å²) >= 11 is 1.68. The predicted octanol–water partition coefficient (Wildman–Crippen LogP) is 2.60. The lowest BCUT2D eigenvalue weighted by Gasteiger charge is -1.97. The van der Waals surface area contributed by atoms with Crippen LogP contribution in [0.5, 0.6) is 0 Å². The lowest BCUT2D eigenvalue weighted by molar-refractivity contribution is 0.779. The van der Waals surface area contributed by atoms with Gasteiger partial charge >= 0.3 is 0 Å². The predicted molar refractivity (Wildman–Crippen MR) is 54.9 cm³/mol. The summed E-state index contributed by atoms with van der Waals surface area (Å²) < 4.78 is 0. The molecule has 2 nitrogen and oxygen atoms in total. The molecule has 3 heteroatoms. The fourth-order valence-corrected chi connectivity index (χ4v) is 1.45. The van der Waals surface area contributed by atoms with Gasteiger partial charge in [-0.15, -0.1) is 0 Å². The Balaban J connectivity index is 3.29. The van der Waals surface area contributed by atoms with E-state index in [1.165, 1.54) is 19.3 Å². The van der Waals surface area contributed by atoms with E-state index in [4.69, 9.17) is 0 Å². The number of unbranched alkanes of at least 4 members (excludes halogenated alkanes) is 2. The molecule has 0 N–H and O–H groups in total. The van der Waals surface area contributed by atoms with Crippen LogP contribution >= 0.6 is 11.8 Å². The highest BCUT2D eigenvalue weighted by atomic mass is 32.2. The summed E-state index contributed by atoms with van der Waals surface area (Å²) in [6, 6.07) is 0. The minimum Gasteiger partial charge on any atom is -0.264 e. The number of nitrogens with zero attached hydrogens (tertiary/aromatic N) is 2. The van der Waals surface area contributed by atoms with E-state index in [2.05, 4.69) is 23.6 Å². The van der Waals surface area contributed by atoms with Crippen molar-refractivity contribution in [2.45, 2.75) is 26.2 Å². The van der Waals surface area contributed by atoms with Gasteiger partial charge in [0.1, 0.15) is 0 Å². The fourth-order valence-electron chi connectivity index (χ4n) is 0.696. The Kier molecular flexibility index (Phi) is 7.57. The molecule has 0 aromatic rings. The third-order valence-electron chi connectivity index (χ3n) is 1.31. The van der Waals surface area contributed by atoms with E-state index in [0.29, 0.717) is 0 Å². The zero-order valence-electron chi connectivity index (χ0n) is 7.34. The Hall–Kier alpha value is -0.310. The van der Waals surface area contributed by atoms with Crippen LogP contribution in [0.4, 0.5) is 0 Å². The molecule has 0 rings (SSSR count). The largest absolute Gasteiger partial charge is 0.264 e. The molecule has 0 spiro atoms. The minimum atomic E-state index is 0.807. The summed E-state index contributed by atoms with van der Waals surface area (Å²) in [6.07, 6.45) is 3.80. The smallest absolute Gasteiger partial charge is 0.182 e. The molecule has 0 radical (unpaired) electrons. The second kappa shape index (κ2) is 7.79. The average molecular weight is 172 g/mol. The molecule has 0 aromatic carbocycles. The number of hydrogen-bond acceptors (Lipinski definition) is 2. The van der Waals surface area contributed by atoms with Gasteiger partial charge in [0.15, 0.2) is 5.17 Å².